The van der Waals surface area contributed by atoms with Gasteiger partial charge in [0, 0.05) is 21.2 Å². The zero-order chi connectivity index (χ0) is 22.0. The lowest BCUT2D eigenvalue weighted by Crippen LogP contribution is -2.42. The molecule has 0 aromatic heterocycles. The average Bonchev–Trinajstić information content (AvgIpc) is 3.05. The Hall–Kier alpha value is -3.25. The number of carbonyl (C=O) groups excluding carboxylic acids is 2. The standard InChI is InChI=1S/C25H22BrN3O2/c1-16-6-10-19(11-7-16)23-22(27-24(30)20-5-3-4-17(2)14-20)25(31)28-29(23)15-18-8-12-21(26)13-9-18/h3-15,22-23H,1-2H3,(H-,27,28,30,31)/p+1/b29-15-/t22-,23-/m1/s1. The first kappa shape index (κ1) is 21.0. The molecule has 2 amide bonds. The van der Waals surface area contributed by atoms with Gasteiger partial charge in [0.05, 0.1) is 0 Å². The van der Waals surface area contributed by atoms with Crippen molar-refractivity contribution in [1.82, 2.24) is 10.7 Å². The van der Waals surface area contributed by atoms with Crippen LogP contribution in [0.15, 0.2) is 77.3 Å². The van der Waals surface area contributed by atoms with Gasteiger partial charge in [0.1, 0.15) is 0 Å². The first-order valence-corrected chi connectivity index (χ1v) is 10.8. The minimum Gasteiger partial charge on any atom is -0.334 e. The molecule has 0 radical (unpaired) electrons. The van der Waals surface area contributed by atoms with E-state index in [1.54, 1.807) is 10.8 Å². The molecule has 5 nitrogen and oxygen atoms in total. The molecule has 31 heavy (non-hydrogen) atoms. The second-order valence-corrected chi connectivity index (χ2v) is 8.66. The van der Waals surface area contributed by atoms with E-state index in [1.807, 2.05) is 86.8 Å². The Balaban J connectivity index is 1.70. The topological polar surface area (TPSA) is 61.2 Å². The normalized spacial score (nSPS) is 19.3. The number of rotatable bonds is 4. The first-order chi connectivity index (χ1) is 14.9. The van der Waals surface area contributed by atoms with Crippen molar-refractivity contribution in [3.63, 3.8) is 0 Å². The number of benzene rings is 3. The van der Waals surface area contributed by atoms with Crippen LogP contribution in [-0.2, 0) is 4.79 Å². The summed E-state index contributed by atoms with van der Waals surface area (Å²) in [6.45, 7) is 3.95. The van der Waals surface area contributed by atoms with Gasteiger partial charge in [-0.25, -0.2) is 0 Å². The molecule has 0 spiro atoms. The maximum absolute atomic E-state index is 12.9. The smallest absolute Gasteiger partial charge is 0.304 e. The van der Waals surface area contributed by atoms with E-state index in [1.165, 1.54) is 0 Å². The molecule has 2 atom stereocenters. The van der Waals surface area contributed by atoms with Crippen molar-refractivity contribution in [1.29, 1.82) is 0 Å². The van der Waals surface area contributed by atoms with Crippen molar-refractivity contribution in [2.24, 2.45) is 0 Å². The van der Waals surface area contributed by atoms with E-state index in [0.29, 0.717) is 5.56 Å². The summed E-state index contributed by atoms with van der Waals surface area (Å²) in [5, 5.41) is 2.94. The number of nitrogens with zero attached hydrogens (tertiary/aromatic N) is 1. The molecule has 0 aliphatic carbocycles. The molecular weight excluding hydrogens is 454 g/mol. The van der Waals surface area contributed by atoms with Crippen molar-refractivity contribution in [3.05, 3.63) is 105 Å². The molecule has 1 heterocycles. The van der Waals surface area contributed by atoms with Crippen LogP contribution in [0, 0.1) is 13.8 Å². The van der Waals surface area contributed by atoms with Gasteiger partial charge in [-0.1, -0.05) is 63.5 Å². The number of hydrazine groups is 1. The summed E-state index contributed by atoms with van der Waals surface area (Å²) < 4.78 is 2.76. The predicted molar refractivity (Wildman–Crippen MR) is 124 cm³/mol. The highest BCUT2D eigenvalue weighted by molar-refractivity contribution is 9.10. The zero-order valence-corrected chi connectivity index (χ0v) is 18.9. The number of nitrogens with one attached hydrogen (secondary N) is 2. The summed E-state index contributed by atoms with van der Waals surface area (Å²) in [4.78, 5) is 25.8. The van der Waals surface area contributed by atoms with Gasteiger partial charge in [-0.05, 0) is 50.2 Å². The molecule has 3 aromatic rings. The van der Waals surface area contributed by atoms with Crippen LogP contribution < -0.4 is 10.7 Å². The third-order valence-corrected chi connectivity index (χ3v) is 5.81. The number of hydrazone groups is 1. The lowest BCUT2D eigenvalue weighted by molar-refractivity contribution is -0.596. The SMILES string of the molecule is Cc1ccc([C@@H]2[C@@H](NC(=O)c3cccc(C)c3)C(=O)N/[N+]2=C\c2ccc(Br)cc2)cc1. The van der Waals surface area contributed by atoms with Gasteiger partial charge in [0.2, 0.25) is 12.3 Å². The van der Waals surface area contributed by atoms with E-state index in [9.17, 15) is 9.59 Å². The molecule has 1 saturated heterocycles. The Morgan fingerprint density at radius 2 is 1.71 bits per heavy atom. The second-order valence-electron chi connectivity index (χ2n) is 7.74. The second kappa shape index (κ2) is 8.86. The summed E-state index contributed by atoms with van der Waals surface area (Å²) in [6, 6.07) is 22.0. The van der Waals surface area contributed by atoms with E-state index in [2.05, 4.69) is 26.7 Å². The Kier molecular flexibility index (Phi) is 6.00. The number of hydrogen-bond donors (Lipinski definition) is 2. The average molecular weight is 477 g/mol. The fraction of sp³-hybridized carbons (Fsp3) is 0.160. The van der Waals surface area contributed by atoms with Crippen LogP contribution in [0.25, 0.3) is 0 Å². The van der Waals surface area contributed by atoms with Crippen molar-refractivity contribution in [2.75, 3.05) is 0 Å². The van der Waals surface area contributed by atoms with Gasteiger partial charge < -0.3 is 5.32 Å². The summed E-state index contributed by atoms with van der Waals surface area (Å²) in [6.07, 6.45) is 1.88. The summed E-state index contributed by atoms with van der Waals surface area (Å²) in [5.74, 6) is -0.522. The molecule has 1 aliphatic rings. The highest BCUT2D eigenvalue weighted by Crippen LogP contribution is 2.26. The largest absolute Gasteiger partial charge is 0.334 e. The highest BCUT2D eigenvalue weighted by Gasteiger charge is 2.47. The van der Waals surface area contributed by atoms with Crippen molar-refractivity contribution < 1.29 is 14.3 Å². The monoisotopic (exact) mass is 476 g/mol. The number of aryl methyl sites for hydroxylation is 2. The number of carbonyl (C=O) groups is 2. The zero-order valence-electron chi connectivity index (χ0n) is 17.3. The molecule has 1 aliphatic heterocycles. The fourth-order valence-electron chi connectivity index (χ4n) is 3.66. The molecule has 6 heteroatoms. The van der Waals surface area contributed by atoms with E-state index in [-0.39, 0.29) is 17.9 Å². The summed E-state index contributed by atoms with van der Waals surface area (Å²) in [5.41, 5.74) is 7.44. The van der Waals surface area contributed by atoms with Gasteiger partial charge in [-0.2, -0.15) is 0 Å². The Bertz CT molecular complexity index is 1150. The van der Waals surface area contributed by atoms with Crippen LogP contribution in [0.3, 0.4) is 0 Å². The van der Waals surface area contributed by atoms with E-state index in [4.69, 9.17) is 0 Å². The molecule has 1 fully saturated rings. The quantitative estimate of drug-likeness (QED) is 0.557. The molecule has 2 N–H and O–H groups in total. The maximum Gasteiger partial charge on any atom is 0.304 e. The van der Waals surface area contributed by atoms with Gasteiger partial charge >= 0.3 is 5.91 Å². The molecule has 4 rings (SSSR count). The highest BCUT2D eigenvalue weighted by atomic mass is 79.9. The van der Waals surface area contributed by atoms with Crippen molar-refractivity contribution >= 4 is 34.0 Å². The van der Waals surface area contributed by atoms with E-state index < -0.39 is 6.04 Å². The van der Waals surface area contributed by atoms with Crippen LogP contribution in [0.1, 0.15) is 38.7 Å². The van der Waals surface area contributed by atoms with Crippen LogP contribution in [0.2, 0.25) is 0 Å². The Morgan fingerprint density at radius 1 is 1.00 bits per heavy atom. The van der Waals surface area contributed by atoms with Crippen LogP contribution in [-0.4, -0.2) is 28.8 Å². The minimum absolute atomic E-state index is 0.250. The molecule has 0 unspecified atom stereocenters. The number of amides is 2. The van der Waals surface area contributed by atoms with Gasteiger partial charge in [-0.3, -0.25) is 9.59 Å². The molecular formula is C25H23BrN3O2+. The van der Waals surface area contributed by atoms with Gasteiger partial charge in [-0.15, -0.1) is 10.1 Å². The number of halogens is 1. The minimum atomic E-state index is -0.734. The Morgan fingerprint density at radius 3 is 2.39 bits per heavy atom. The summed E-state index contributed by atoms with van der Waals surface area (Å²) in [7, 11) is 0. The van der Waals surface area contributed by atoms with Crippen molar-refractivity contribution in [3.8, 4) is 0 Å². The molecule has 3 aromatic carbocycles. The van der Waals surface area contributed by atoms with E-state index >= 15 is 0 Å². The van der Waals surface area contributed by atoms with Crippen LogP contribution >= 0.6 is 15.9 Å². The first-order valence-electron chi connectivity index (χ1n) is 10.0. The van der Waals surface area contributed by atoms with Gasteiger partial charge in [0.15, 0.2) is 6.04 Å². The third kappa shape index (κ3) is 4.75. The third-order valence-electron chi connectivity index (χ3n) is 5.28. The van der Waals surface area contributed by atoms with Crippen LogP contribution in [0.4, 0.5) is 0 Å². The fourth-order valence-corrected chi connectivity index (χ4v) is 3.93. The van der Waals surface area contributed by atoms with E-state index in [0.717, 1.165) is 26.7 Å². The maximum atomic E-state index is 12.9. The van der Waals surface area contributed by atoms with Crippen molar-refractivity contribution in [2.45, 2.75) is 25.9 Å². The predicted octanol–water partition coefficient (Wildman–Crippen LogP) is 4.08. The van der Waals surface area contributed by atoms with Crippen LogP contribution in [0.5, 0.6) is 0 Å². The molecule has 0 saturated carbocycles. The lowest BCUT2D eigenvalue weighted by Gasteiger charge is -2.15. The van der Waals surface area contributed by atoms with Gasteiger partial charge in [0.25, 0.3) is 5.91 Å². The lowest BCUT2D eigenvalue weighted by atomic mass is 9.98. The Labute approximate surface area is 189 Å². The molecule has 156 valence electrons. The molecule has 0 bridgehead atoms. The summed E-state index contributed by atoms with van der Waals surface area (Å²) >= 11 is 3.44. The number of hydrogen-bond acceptors (Lipinski definition) is 2.